The monoisotopic (exact) mass is 293 g/mol. The molecule has 0 saturated heterocycles. The van der Waals surface area contributed by atoms with Gasteiger partial charge in [0.2, 0.25) is 0 Å². The molecule has 3 rings (SSSR count). The zero-order valence-electron chi connectivity index (χ0n) is 9.21. The van der Waals surface area contributed by atoms with Crippen molar-refractivity contribution in [2.45, 2.75) is 6.54 Å². The first kappa shape index (κ1) is 11.8. The van der Waals surface area contributed by atoms with Crippen molar-refractivity contribution >= 4 is 35.2 Å². The lowest BCUT2D eigenvalue weighted by atomic mass is 10.2. The van der Waals surface area contributed by atoms with Gasteiger partial charge in [0.1, 0.15) is 10.2 Å². The molecule has 1 aromatic heterocycles. The highest BCUT2D eigenvalue weighted by atomic mass is 35.5. The molecule has 0 fully saturated rings. The number of fused-ring (bicyclic) bond motifs is 1. The summed E-state index contributed by atoms with van der Waals surface area (Å²) in [5, 5.41) is 1.47. The normalized spacial score (nSPS) is 10.9. The Bertz CT molecular complexity index is 702. The molecule has 0 N–H and O–H groups in total. The summed E-state index contributed by atoms with van der Waals surface area (Å²) in [6.07, 6.45) is 5.51. The zero-order chi connectivity index (χ0) is 12.5. The van der Waals surface area contributed by atoms with Crippen molar-refractivity contribution in [1.29, 1.82) is 0 Å². The van der Waals surface area contributed by atoms with Gasteiger partial charge in [-0.3, -0.25) is 0 Å². The van der Waals surface area contributed by atoms with Gasteiger partial charge in [-0.25, -0.2) is 9.97 Å². The van der Waals surface area contributed by atoms with E-state index >= 15 is 0 Å². The van der Waals surface area contributed by atoms with Crippen LogP contribution in [0.3, 0.4) is 0 Å². The van der Waals surface area contributed by atoms with E-state index < -0.39 is 0 Å². The van der Waals surface area contributed by atoms with E-state index in [0.717, 1.165) is 26.6 Å². The van der Waals surface area contributed by atoms with E-state index in [1.54, 1.807) is 18.5 Å². The number of hydrogen-bond acceptors (Lipinski definition) is 4. The van der Waals surface area contributed by atoms with Crippen LogP contribution in [-0.2, 0) is 6.54 Å². The van der Waals surface area contributed by atoms with E-state index in [-0.39, 0.29) is 0 Å². The van der Waals surface area contributed by atoms with Crippen LogP contribution in [0, 0.1) is 3.82 Å². The van der Waals surface area contributed by atoms with Crippen LogP contribution in [0.4, 0.5) is 0 Å². The van der Waals surface area contributed by atoms with Gasteiger partial charge in [-0.1, -0.05) is 29.9 Å². The topological polar surface area (TPSA) is 30.7 Å². The van der Waals surface area contributed by atoms with Crippen molar-refractivity contribution in [2.75, 3.05) is 0 Å². The lowest BCUT2D eigenvalue weighted by Gasteiger charge is -2.10. The fourth-order valence-corrected chi connectivity index (χ4v) is 2.96. The first-order valence-corrected chi connectivity index (χ1v) is 6.88. The smallest absolute Gasteiger partial charge is 0.141 e. The molecule has 0 unspecified atom stereocenters. The Labute approximate surface area is 118 Å². The first-order valence-electron chi connectivity index (χ1n) is 5.28. The highest BCUT2D eigenvalue weighted by Gasteiger charge is 2.10. The van der Waals surface area contributed by atoms with Crippen molar-refractivity contribution in [1.82, 2.24) is 14.5 Å². The summed E-state index contributed by atoms with van der Waals surface area (Å²) in [6, 6.07) is 5.74. The van der Waals surface area contributed by atoms with E-state index in [9.17, 15) is 0 Å². The summed E-state index contributed by atoms with van der Waals surface area (Å²) in [5.74, 6) is 0. The van der Waals surface area contributed by atoms with Crippen LogP contribution in [0.2, 0.25) is 5.15 Å². The predicted molar refractivity (Wildman–Crippen MR) is 75.9 cm³/mol. The SMILES string of the molecule is S=c1cc2n(Cc3ccc(Cl)nc3)ccnc-2s1. The number of hydrogen-bond donors (Lipinski definition) is 0. The zero-order valence-corrected chi connectivity index (χ0v) is 11.6. The molecule has 90 valence electrons. The molecule has 1 aromatic rings. The Hall–Kier alpha value is -1.30. The third kappa shape index (κ3) is 2.29. The maximum atomic E-state index is 5.77. The average Bonchev–Trinajstić information content (AvgIpc) is 2.73. The van der Waals surface area contributed by atoms with Crippen LogP contribution in [0.25, 0.3) is 10.7 Å². The van der Waals surface area contributed by atoms with E-state index in [4.69, 9.17) is 23.8 Å². The molecule has 3 heterocycles. The lowest BCUT2D eigenvalue weighted by molar-refractivity contribution is 0.788. The van der Waals surface area contributed by atoms with E-state index in [1.165, 1.54) is 11.3 Å². The molecular weight excluding hydrogens is 286 g/mol. The molecule has 0 aromatic carbocycles. The van der Waals surface area contributed by atoms with Crippen LogP contribution in [-0.4, -0.2) is 14.5 Å². The average molecular weight is 294 g/mol. The molecule has 0 saturated carbocycles. The molecule has 0 bridgehead atoms. The molecule has 6 heteroatoms. The number of halogens is 1. The van der Waals surface area contributed by atoms with Gasteiger partial charge in [0.25, 0.3) is 0 Å². The molecule has 0 spiro atoms. The molecule has 18 heavy (non-hydrogen) atoms. The number of thiophene rings is 1. The fraction of sp³-hybridized carbons (Fsp3) is 0.0833. The summed E-state index contributed by atoms with van der Waals surface area (Å²) < 4.78 is 2.96. The summed E-state index contributed by atoms with van der Waals surface area (Å²) in [7, 11) is 0. The van der Waals surface area contributed by atoms with Crippen LogP contribution in [0.1, 0.15) is 5.56 Å². The van der Waals surface area contributed by atoms with Gasteiger partial charge >= 0.3 is 0 Å². The fourth-order valence-electron chi connectivity index (χ4n) is 1.74. The Morgan fingerprint density at radius 1 is 1.33 bits per heavy atom. The minimum atomic E-state index is 0.506. The van der Waals surface area contributed by atoms with Crippen molar-refractivity contribution in [2.24, 2.45) is 0 Å². The maximum absolute atomic E-state index is 5.77. The van der Waals surface area contributed by atoms with Gasteiger partial charge in [-0.2, -0.15) is 0 Å². The van der Waals surface area contributed by atoms with Gasteiger partial charge in [0, 0.05) is 25.1 Å². The predicted octanol–water partition coefficient (Wildman–Crippen LogP) is 3.88. The van der Waals surface area contributed by atoms with Crippen molar-refractivity contribution in [3.63, 3.8) is 0 Å². The van der Waals surface area contributed by atoms with E-state index in [1.807, 2.05) is 18.3 Å². The van der Waals surface area contributed by atoms with Gasteiger partial charge in [-0.15, -0.1) is 11.3 Å². The third-order valence-corrected chi connectivity index (χ3v) is 3.98. The van der Waals surface area contributed by atoms with E-state index in [0.29, 0.717) is 5.15 Å². The summed E-state index contributed by atoms with van der Waals surface area (Å²) in [6.45, 7) is 0.731. The Morgan fingerprint density at radius 3 is 3.00 bits per heavy atom. The van der Waals surface area contributed by atoms with Crippen LogP contribution < -0.4 is 0 Å². The Balaban J connectivity index is 2.00. The molecule has 0 amide bonds. The van der Waals surface area contributed by atoms with Crippen LogP contribution in [0.5, 0.6) is 0 Å². The summed E-state index contributed by atoms with van der Waals surface area (Å²) in [4.78, 5) is 8.39. The van der Waals surface area contributed by atoms with E-state index in [2.05, 4.69) is 14.5 Å². The Kier molecular flexibility index (Phi) is 3.11. The van der Waals surface area contributed by atoms with Gasteiger partial charge < -0.3 is 4.57 Å². The molecule has 2 aliphatic heterocycles. The molecule has 0 radical (unpaired) electrons. The first-order chi connectivity index (χ1) is 8.72. The van der Waals surface area contributed by atoms with Gasteiger partial charge in [-0.05, 0) is 17.7 Å². The van der Waals surface area contributed by atoms with Gasteiger partial charge in [0.15, 0.2) is 0 Å². The number of nitrogens with zero attached hydrogens (tertiary/aromatic N) is 3. The second kappa shape index (κ2) is 4.76. The summed E-state index contributed by atoms with van der Waals surface area (Å²) in [5.41, 5.74) is 2.15. The summed E-state index contributed by atoms with van der Waals surface area (Å²) >= 11 is 12.5. The van der Waals surface area contributed by atoms with Gasteiger partial charge in [0.05, 0.1) is 9.52 Å². The standard InChI is InChI=1S/C12H8ClN3S2/c13-10-2-1-8(6-15-10)7-16-4-3-14-12-9(16)5-11(17)18-12/h1-6H,7H2. The molecule has 2 aliphatic rings. The van der Waals surface area contributed by atoms with Crippen LogP contribution >= 0.6 is 35.2 Å². The van der Waals surface area contributed by atoms with Crippen molar-refractivity contribution in [3.05, 3.63) is 51.3 Å². The van der Waals surface area contributed by atoms with Crippen molar-refractivity contribution < 1.29 is 0 Å². The second-order valence-corrected chi connectivity index (χ2v) is 5.92. The minimum Gasteiger partial charge on any atom is -0.339 e. The Morgan fingerprint density at radius 2 is 2.22 bits per heavy atom. The molecule has 0 aliphatic carbocycles. The second-order valence-electron chi connectivity index (χ2n) is 3.80. The minimum absolute atomic E-state index is 0.506. The highest BCUT2D eigenvalue weighted by Crippen LogP contribution is 2.27. The highest BCUT2D eigenvalue weighted by molar-refractivity contribution is 7.73. The maximum Gasteiger partial charge on any atom is 0.141 e. The molecule has 0 atom stereocenters. The number of rotatable bonds is 2. The molecule has 3 nitrogen and oxygen atoms in total. The van der Waals surface area contributed by atoms with Crippen LogP contribution in [0.15, 0.2) is 36.8 Å². The number of aromatic nitrogens is 3. The quantitative estimate of drug-likeness (QED) is 0.531. The van der Waals surface area contributed by atoms with Crippen molar-refractivity contribution in [3.8, 4) is 10.7 Å². The lowest BCUT2D eigenvalue weighted by Crippen LogP contribution is -2.04. The molecular formula is C12H8ClN3S2. The number of pyridine rings is 1. The third-order valence-electron chi connectivity index (χ3n) is 2.56. The largest absolute Gasteiger partial charge is 0.339 e.